The van der Waals surface area contributed by atoms with Crippen LogP contribution < -0.4 is 4.72 Å². The van der Waals surface area contributed by atoms with Gasteiger partial charge < -0.3 is 4.74 Å². The molecule has 0 saturated heterocycles. The lowest BCUT2D eigenvalue weighted by Crippen LogP contribution is -2.26. The summed E-state index contributed by atoms with van der Waals surface area (Å²) in [7, 11) is -2.37. The van der Waals surface area contributed by atoms with Crippen molar-refractivity contribution in [3.8, 4) is 6.07 Å². The molecule has 0 aliphatic rings. The van der Waals surface area contributed by atoms with Crippen LogP contribution in [0.5, 0.6) is 0 Å². The topological polar surface area (TPSA) is 79.2 Å². The summed E-state index contributed by atoms with van der Waals surface area (Å²) in [6, 6.07) is 5.04. The third-order valence-corrected chi connectivity index (χ3v) is 3.70. The van der Waals surface area contributed by atoms with Crippen molar-refractivity contribution in [3.05, 3.63) is 29.6 Å². The van der Waals surface area contributed by atoms with E-state index in [1.165, 1.54) is 19.2 Å². The molecule has 0 aromatic heterocycles. The van der Waals surface area contributed by atoms with E-state index in [-0.39, 0.29) is 11.4 Å². The minimum absolute atomic E-state index is 0.164. The lowest BCUT2D eigenvalue weighted by Gasteiger charge is -2.08. The van der Waals surface area contributed by atoms with Gasteiger partial charge in [-0.25, -0.2) is 17.5 Å². The molecule has 1 aromatic rings. The third-order valence-electron chi connectivity index (χ3n) is 2.19. The predicted molar refractivity (Wildman–Crippen MR) is 62.8 cm³/mol. The summed E-state index contributed by atoms with van der Waals surface area (Å²) < 4.78 is 44.1. The molecule has 0 unspecified atom stereocenters. The highest BCUT2D eigenvalue weighted by atomic mass is 32.2. The van der Waals surface area contributed by atoms with Crippen LogP contribution in [0.3, 0.4) is 0 Å². The second-order valence-corrected chi connectivity index (χ2v) is 5.20. The Balaban J connectivity index is 2.93. The van der Waals surface area contributed by atoms with Gasteiger partial charge in [-0.15, -0.1) is 0 Å². The summed E-state index contributed by atoms with van der Waals surface area (Å²) in [6.45, 7) is 0.578. The summed E-state index contributed by atoms with van der Waals surface area (Å²) in [6.07, 6.45) is 0.493. The number of sulfonamides is 1. The first-order chi connectivity index (χ1) is 8.53. The molecule has 7 heteroatoms. The van der Waals surface area contributed by atoms with Crippen molar-refractivity contribution in [1.29, 1.82) is 5.26 Å². The molecular formula is C11H13FN2O3S. The zero-order chi connectivity index (χ0) is 13.6. The normalized spacial score (nSPS) is 11.2. The van der Waals surface area contributed by atoms with Crippen molar-refractivity contribution in [3.63, 3.8) is 0 Å². The molecule has 0 aliphatic heterocycles. The maximum Gasteiger partial charge on any atom is 0.241 e. The van der Waals surface area contributed by atoms with E-state index >= 15 is 0 Å². The molecule has 98 valence electrons. The van der Waals surface area contributed by atoms with Crippen LogP contribution in [0.4, 0.5) is 4.39 Å². The van der Waals surface area contributed by atoms with Crippen LogP contribution in [0.15, 0.2) is 23.1 Å². The van der Waals surface area contributed by atoms with E-state index in [4.69, 9.17) is 10.00 Å². The summed E-state index contributed by atoms with van der Waals surface area (Å²) in [5, 5.41) is 8.77. The summed E-state index contributed by atoms with van der Waals surface area (Å²) in [4.78, 5) is -0.345. The van der Waals surface area contributed by atoms with Crippen molar-refractivity contribution in [2.75, 3.05) is 20.3 Å². The Bertz CT molecular complexity index is 552. The standard InChI is InChI=1S/C11H13FN2O3S/c1-17-7-3-6-14-18(15,16)11-5-2-4-10(12)9(11)8-13/h2,4-5,14H,3,6-7H2,1H3. The molecule has 0 spiro atoms. The number of rotatable bonds is 6. The Labute approximate surface area is 105 Å². The van der Waals surface area contributed by atoms with Gasteiger partial charge in [0.2, 0.25) is 10.0 Å². The number of methoxy groups -OCH3 is 1. The summed E-state index contributed by atoms with van der Waals surface area (Å²) in [5.74, 6) is -0.850. The SMILES string of the molecule is COCCCNS(=O)(=O)c1cccc(F)c1C#N. The molecule has 18 heavy (non-hydrogen) atoms. The second-order valence-electron chi connectivity index (χ2n) is 3.47. The summed E-state index contributed by atoms with van der Waals surface area (Å²) >= 11 is 0. The van der Waals surface area contributed by atoms with Crippen LogP contribution >= 0.6 is 0 Å². The van der Waals surface area contributed by atoms with Gasteiger partial charge in [-0.05, 0) is 18.6 Å². The molecule has 1 aromatic carbocycles. The minimum atomic E-state index is -3.87. The Kier molecular flexibility index (Phi) is 5.22. The first-order valence-electron chi connectivity index (χ1n) is 5.20. The Hall–Kier alpha value is -1.49. The lowest BCUT2D eigenvalue weighted by molar-refractivity contribution is 0.196. The van der Waals surface area contributed by atoms with Gasteiger partial charge in [0.1, 0.15) is 22.3 Å². The first-order valence-corrected chi connectivity index (χ1v) is 6.68. The molecule has 0 heterocycles. The fraction of sp³-hybridized carbons (Fsp3) is 0.364. The molecule has 5 nitrogen and oxygen atoms in total. The van der Waals surface area contributed by atoms with Crippen molar-refractivity contribution < 1.29 is 17.5 Å². The Morgan fingerprint density at radius 2 is 2.22 bits per heavy atom. The van der Waals surface area contributed by atoms with Crippen LogP contribution in [0, 0.1) is 17.1 Å². The molecular weight excluding hydrogens is 259 g/mol. The number of benzene rings is 1. The zero-order valence-electron chi connectivity index (χ0n) is 9.81. The highest BCUT2D eigenvalue weighted by Crippen LogP contribution is 2.17. The Morgan fingerprint density at radius 1 is 1.50 bits per heavy atom. The van der Waals surface area contributed by atoms with E-state index in [0.29, 0.717) is 13.0 Å². The van der Waals surface area contributed by atoms with Gasteiger partial charge in [0, 0.05) is 20.3 Å². The number of hydrogen-bond acceptors (Lipinski definition) is 4. The van der Waals surface area contributed by atoms with E-state index < -0.39 is 21.4 Å². The number of hydrogen-bond donors (Lipinski definition) is 1. The molecule has 0 atom stereocenters. The molecule has 0 amide bonds. The van der Waals surface area contributed by atoms with E-state index in [1.807, 2.05) is 0 Å². The molecule has 0 fully saturated rings. The van der Waals surface area contributed by atoms with E-state index in [9.17, 15) is 12.8 Å². The average molecular weight is 272 g/mol. The van der Waals surface area contributed by atoms with E-state index in [2.05, 4.69) is 4.72 Å². The van der Waals surface area contributed by atoms with E-state index in [0.717, 1.165) is 6.07 Å². The van der Waals surface area contributed by atoms with Gasteiger partial charge in [-0.1, -0.05) is 6.07 Å². The predicted octanol–water partition coefficient (Wildman–Crippen LogP) is 1.01. The molecule has 1 rings (SSSR count). The van der Waals surface area contributed by atoms with Crippen molar-refractivity contribution in [2.24, 2.45) is 0 Å². The average Bonchev–Trinajstić information content (AvgIpc) is 2.34. The van der Waals surface area contributed by atoms with Crippen LogP contribution in [0.25, 0.3) is 0 Å². The van der Waals surface area contributed by atoms with Crippen molar-refractivity contribution in [1.82, 2.24) is 4.72 Å². The smallest absolute Gasteiger partial charge is 0.241 e. The van der Waals surface area contributed by atoms with Gasteiger partial charge in [0.25, 0.3) is 0 Å². The zero-order valence-corrected chi connectivity index (χ0v) is 10.6. The molecule has 0 saturated carbocycles. The lowest BCUT2D eigenvalue weighted by atomic mass is 10.2. The van der Waals surface area contributed by atoms with Gasteiger partial charge in [-0.3, -0.25) is 0 Å². The fourth-order valence-electron chi connectivity index (χ4n) is 1.34. The molecule has 0 aliphatic carbocycles. The number of halogens is 1. The second kappa shape index (κ2) is 6.44. The van der Waals surface area contributed by atoms with Gasteiger partial charge in [0.05, 0.1) is 0 Å². The van der Waals surface area contributed by atoms with E-state index in [1.54, 1.807) is 6.07 Å². The number of nitriles is 1. The van der Waals surface area contributed by atoms with Gasteiger partial charge in [-0.2, -0.15) is 5.26 Å². The highest BCUT2D eigenvalue weighted by Gasteiger charge is 2.20. The largest absolute Gasteiger partial charge is 0.385 e. The van der Waals surface area contributed by atoms with Crippen LogP contribution in [0.1, 0.15) is 12.0 Å². The monoisotopic (exact) mass is 272 g/mol. The number of nitrogens with one attached hydrogen (secondary N) is 1. The summed E-state index contributed by atoms with van der Waals surface area (Å²) in [5.41, 5.74) is -0.475. The van der Waals surface area contributed by atoms with Crippen LogP contribution in [-0.4, -0.2) is 28.7 Å². The van der Waals surface area contributed by atoms with Gasteiger partial charge >= 0.3 is 0 Å². The van der Waals surface area contributed by atoms with Crippen LogP contribution in [0.2, 0.25) is 0 Å². The Morgan fingerprint density at radius 3 is 2.83 bits per heavy atom. The molecule has 0 radical (unpaired) electrons. The first kappa shape index (κ1) is 14.6. The molecule has 1 N–H and O–H groups in total. The number of ether oxygens (including phenoxy) is 1. The third kappa shape index (κ3) is 3.50. The van der Waals surface area contributed by atoms with Crippen LogP contribution in [-0.2, 0) is 14.8 Å². The van der Waals surface area contributed by atoms with Crippen molar-refractivity contribution in [2.45, 2.75) is 11.3 Å². The fourth-order valence-corrected chi connectivity index (χ4v) is 2.58. The minimum Gasteiger partial charge on any atom is -0.385 e. The van der Waals surface area contributed by atoms with Crippen molar-refractivity contribution >= 4 is 10.0 Å². The van der Waals surface area contributed by atoms with Gasteiger partial charge in [0.15, 0.2) is 0 Å². The maximum absolute atomic E-state index is 13.3. The quantitative estimate of drug-likeness (QED) is 0.784. The highest BCUT2D eigenvalue weighted by molar-refractivity contribution is 7.89. The maximum atomic E-state index is 13.3. The number of nitrogens with zero attached hydrogens (tertiary/aromatic N) is 1. The molecule has 0 bridgehead atoms.